The van der Waals surface area contributed by atoms with Crippen LogP contribution >= 0.6 is 0 Å². The maximum atomic E-state index is 4.50. The Hall–Kier alpha value is -1.94. The lowest BCUT2D eigenvalue weighted by molar-refractivity contribution is -0.897. The van der Waals surface area contributed by atoms with Gasteiger partial charge in [-0.1, -0.05) is 12.1 Å². The van der Waals surface area contributed by atoms with E-state index in [4.69, 9.17) is 0 Å². The van der Waals surface area contributed by atoms with Gasteiger partial charge in [0.1, 0.15) is 11.6 Å². The van der Waals surface area contributed by atoms with Gasteiger partial charge in [0.15, 0.2) is 0 Å². The van der Waals surface area contributed by atoms with Gasteiger partial charge in [0.05, 0.1) is 26.7 Å². The van der Waals surface area contributed by atoms with E-state index in [0.717, 1.165) is 24.6 Å². The molecule has 22 heavy (non-hydrogen) atoms. The highest BCUT2D eigenvalue weighted by Crippen LogP contribution is 2.22. The van der Waals surface area contributed by atoms with Crippen LogP contribution in [0.3, 0.4) is 0 Å². The number of likely N-dealkylation sites (tertiary alicyclic amines) is 1. The molecule has 0 atom stereocenters. The standard InChI is InChI=1S/C18H25N4/c1-22(14-6-7-15-22)16-8-13-21(17-9-2-4-11-19-17)18-10-3-5-12-20-18/h2-5,9-12H,6-8,13-16H2,1H3/q+1. The van der Waals surface area contributed by atoms with Crippen molar-refractivity contribution in [3.63, 3.8) is 0 Å². The van der Waals surface area contributed by atoms with Crippen molar-refractivity contribution in [3.05, 3.63) is 48.8 Å². The normalized spacial score (nSPS) is 16.6. The summed E-state index contributed by atoms with van der Waals surface area (Å²) >= 11 is 0. The number of hydrogen-bond acceptors (Lipinski definition) is 3. The van der Waals surface area contributed by atoms with Crippen molar-refractivity contribution in [1.29, 1.82) is 0 Å². The van der Waals surface area contributed by atoms with Crippen LogP contribution in [-0.4, -0.2) is 47.7 Å². The maximum Gasteiger partial charge on any atom is 0.134 e. The first-order valence-electron chi connectivity index (χ1n) is 8.20. The zero-order chi connectivity index (χ0) is 15.3. The molecule has 3 heterocycles. The first kappa shape index (κ1) is 15.0. The van der Waals surface area contributed by atoms with Crippen LogP contribution in [0.2, 0.25) is 0 Å². The molecule has 0 saturated carbocycles. The molecule has 116 valence electrons. The number of anilines is 2. The van der Waals surface area contributed by atoms with Gasteiger partial charge in [0.25, 0.3) is 0 Å². The molecule has 0 N–H and O–H groups in total. The van der Waals surface area contributed by atoms with Gasteiger partial charge in [-0.25, -0.2) is 9.97 Å². The van der Waals surface area contributed by atoms with Gasteiger partial charge in [0, 0.05) is 38.2 Å². The fourth-order valence-corrected chi connectivity index (χ4v) is 3.31. The summed E-state index contributed by atoms with van der Waals surface area (Å²) in [6.45, 7) is 4.85. The summed E-state index contributed by atoms with van der Waals surface area (Å²) in [4.78, 5) is 11.2. The fraction of sp³-hybridized carbons (Fsp3) is 0.444. The molecule has 4 nitrogen and oxygen atoms in total. The first-order valence-corrected chi connectivity index (χ1v) is 8.20. The SMILES string of the molecule is C[N+]1(CCCN(c2ccccn2)c2ccccn2)CCCC1. The lowest BCUT2D eigenvalue weighted by Gasteiger charge is -2.30. The van der Waals surface area contributed by atoms with E-state index < -0.39 is 0 Å². The minimum Gasteiger partial charge on any atom is -0.326 e. The topological polar surface area (TPSA) is 29.0 Å². The number of quaternary nitrogens is 1. The van der Waals surface area contributed by atoms with Crippen LogP contribution in [0, 0.1) is 0 Å². The molecule has 0 radical (unpaired) electrons. The van der Waals surface area contributed by atoms with E-state index in [-0.39, 0.29) is 0 Å². The van der Waals surface area contributed by atoms with Gasteiger partial charge in [-0.3, -0.25) is 0 Å². The average Bonchev–Trinajstić information content (AvgIpc) is 3.00. The van der Waals surface area contributed by atoms with E-state index in [1.54, 1.807) is 0 Å². The largest absolute Gasteiger partial charge is 0.326 e. The number of rotatable bonds is 6. The predicted octanol–water partition coefficient (Wildman–Crippen LogP) is 3.25. The van der Waals surface area contributed by atoms with Crippen molar-refractivity contribution in [2.75, 3.05) is 38.1 Å². The molecular formula is C18H25N4+. The molecule has 1 saturated heterocycles. The summed E-state index contributed by atoms with van der Waals surface area (Å²) < 4.78 is 1.22. The highest BCUT2D eigenvalue weighted by Gasteiger charge is 2.26. The summed E-state index contributed by atoms with van der Waals surface area (Å²) in [5.74, 6) is 1.95. The Bertz CT molecular complexity index is 525. The molecule has 1 fully saturated rings. The molecule has 0 unspecified atom stereocenters. The Balaban J connectivity index is 1.69. The van der Waals surface area contributed by atoms with E-state index >= 15 is 0 Å². The van der Waals surface area contributed by atoms with Gasteiger partial charge < -0.3 is 9.38 Å². The van der Waals surface area contributed by atoms with Gasteiger partial charge in [-0.15, -0.1) is 0 Å². The van der Waals surface area contributed by atoms with E-state index in [1.165, 1.54) is 37.0 Å². The smallest absolute Gasteiger partial charge is 0.134 e. The monoisotopic (exact) mass is 297 g/mol. The van der Waals surface area contributed by atoms with E-state index in [0.29, 0.717) is 0 Å². The van der Waals surface area contributed by atoms with Crippen LogP contribution in [0.25, 0.3) is 0 Å². The van der Waals surface area contributed by atoms with E-state index in [1.807, 2.05) is 36.7 Å². The molecule has 0 spiro atoms. The zero-order valence-electron chi connectivity index (χ0n) is 13.4. The van der Waals surface area contributed by atoms with Crippen LogP contribution in [-0.2, 0) is 0 Å². The summed E-state index contributed by atoms with van der Waals surface area (Å²) in [6, 6.07) is 12.1. The highest BCUT2D eigenvalue weighted by molar-refractivity contribution is 5.55. The Morgan fingerprint density at radius 1 is 0.955 bits per heavy atom. The molecule has 0 aromatic carbocycles. The van der Waals surface area contributed by atoms with Crippen molar-refractivity contribution in [2.45, 2.75) is 19.3 Å². The second-order valence-electron chi connectivity index (χ2n) is 6.38. The third-order valence-electron chi connectivity index (χ3n) is 4.58. The predicted molar refractivity (Wildman–Crippen MR) is 90.1 cm³/mol. The van der Waals surface area contributed by atoms with Crippen LogP contribution in [0.1, 0.15) is 19.3 Å². The van der Waals surface area contributed by atoms with Crippen molar-refractivity contribution in [1.82, 2.24) is 9.97 Å². The zero-order valence-corrected chi connectivity index (χ0v) is 13.4. The molecule has 0 aliphatic carbocycles. The summed E-state index contributed by atoms with van der Waals surface area (Å²) in [5, 5.41) is 0. The molecule has 0 bridgehead atoms. The number of aromatic nitrogens is 2. The third-order valence-corrected chi connectivity index (χ3v) is 4.58. The lowest BCUT2D eigenvalue weighted by atomic mass is 10.3. The summed E-state index contributed by atoms with van der Waals surface area (Å²) in [5.41, 5.74) is 0. The molecule has 3 rings (SSSR count). The minimum absolute atomic E-state index is 0.960. The Labute approximate surface area is 133 Å². The number of hydrogen-bond donors (Lipinski definition) is 0. The van der Waals surface area contributed by atoms with Crippen molar-refractivity contribution in [2.24, 2.45) is 0 Å². The van der Waals surface area contributed by atoms with Crippen molar-refractivity contribution >= 4 is 11.6 Å². The Kier molecular flexibility index (Phi) is 4.68. The van der Waals surface area contributed by atoms with Crippen LogP contribution in [0.5, 0.6) is 0 Å². The molecule has 2 aromatic rings. The van der Waals surface area contributed by atoms with E-state index in [2.05, 4.69) is 34.0 Å². The third kappa shape index (κ3) is 3.63. The Morgan fingerprint density at radius 3 is 2.05 bits per heavy atom. The molecule has 4 heteroatoms. The highest BCUT2D eigenvalue weighted by atomic mass is 15.3. The molecule has 0 amide bonds. The van der Waals surface area contributed by atoms with E-state index in [9.17, 15) is 0 Å². The van der Waals surface area contributed by atoms with Gasteiger partial charge in [-0.05, 0) is 24.3 Å². The summed E-state index contributed by atoms with van der Waals surface area (Å²) in [6.07, 6.45) is 7.60. The number of pyridine rings is 2. The molecule has 1 aliphatic heterocycles. The second-order valence-corrected chi connectivity index (χ2v) is 6.38. The van der Waals surface area contributed by atoms with Gasteiger partial charge >= 0.3 is 0 Å². The lowest BCUT2D eigenvalue weighted by Crippen LogP contribution is -2.42. The van der Waals surface area contributed by atoms with Crippen molar-refractivity contribution < 1.29 is 4.48 Å². The molecule has 1 aliphatic rings. The maximum absolute atomic E-state index is 4.50. The molecular weight excluding hydrogens is 272 g/mol. The molecule has 2 aromatic heterocycles. The summed E-state index contributed by atoms with van der Waals surface area (Å²) in [7, 11) is 2.39. The van der Waals surface area contributed by atoms with Crippen LogP contribution in [0.4, 0.5) is 11.6 Å². The van der Waals surface area contributed by atoms with Crippen LogP contribution < -0.4 is 4.90 Å². The number of nitrogens with zero attached hydrogens (tertiary/aromatic N) is 4. The quantitative estimate of drug-likeness (QED) is 0.766. The minimum atomic E-state index is 0.960. The average molecular weight is 297 g/mol. The fourth-order valence-electron chi connectivity index (χ4n) is 3.31. The first-order chi connectivity index (χ1) is 10.8. The van der Waals surface area contributed by atoms with Gasteiger partial charge in [0.2, 0.25) is 0 Å². The van der Waals surface area contributed by atoms with Crippen molar-refractivity contribution in [3.8, 4) is 0 Å². The van der Waals surface area contributed by atoms with Crippen LogP contribution in [0.15, 0.2) is 48.8 Å². The second kappa shape index (κ2) is 6.88. The Morgan fingerprint density at radius 2 is 1.55 bits per heavy atom. The van der Waals surface area contributed by atoms with Gasteiger partial charge in [-0.2, -0.15) is 0 Å².